The first-order valence-corrected chi connectivity index (χ1v) is 18.1. The van der Waals surface area contributed by atoms with E-state index in [1.807, 2.05) is 0 Å². The van der Waals surface area contributed by atoms with Crippen LogP contribution in [0.25, 0.3) is 16.9 Å². The molecule has 3 aromatic carbocycles. The molecule has 2 aliphatic rings. The molecule has 0 amide bonds. The van der Waals surface area contributed by atoms with E-state index in [4.69, 9.17) is 9.16 Å². The number of hydrogen-bond acceptors (Lipinski definition) is 2. The molecule has 2 unspecified atom stereocenters. The van der Waals surface area contributed by atoms with Gasteiger partial charge in [0.05, 0.1) is 0 Å². The summed E-state index contributed by atoms with van der Waals surface area (Å²) in [4.78, 5) is 0. The fourth-order valence-corrected chi connectivity index (χ4v) is 9.17. The summed E-state index contributed by atoms with van der Waals surface area (Å²) in [6, 6.07) is 24.6. The van der Waals surface area contributed by atoms with Crippen molar-refractivity contribution in [1.29, 1.82) is 0 Å². The third-order valence-electron chi connectivity index (χ3n) is 6.35. The van der Waals surface area contributed by atoms with Crippen LogP contribution in [-0.4, -0.2) is 18.6 Å². The van der Waals surface area contributed by atoms with Crippen LogP contribution in [0.5, 0.6) is 0 Å². The van der Waals surface area contributed by atoms with Crippen molar-refractivity contribution in [2.24, 2.45) is 0 Å². The Morgan fingerprint density at radius 2 is 1.40 bits per heavy atom. The Labute approximate surface area is 234 Å². The average molecular weight is 602 g/mol. The molecule has 2 nitrogen and oxygen atoms in total. The van der Waals surface area contributed by atoms with Gasteiger partial charge in [-0.15, -0.1) is 0 Å². The van der Waals surface area contributed by atoms with Crippen molar-refractivity contribution in [3.63, 3.8) is 0 Å². The molecule has 0 fully saturated rings. The van der Waals surface area contributed by atoms with E-state index < -0.39 is 31.1 Å². The van der Waals surface area contributed by atoms with E-state index in [0.717, 1.165) is 11.5 Å². The molecule has 0 spiro atoms. The van der Waals surface area contributed by atoms with Gasteiger partial charge in [-0.2, -0.15) is 0 Å². The third-order valence-corrected chi connectivity index (χ3v) is 10.3. The van der Waals surface area contributed by atoms with Gasteiger partial charge in [0.2, 0.25) is 0 Å². The van der Waals surface area contributed by atoms with E-state index in [1.165, 1.54) is 38.9 Å². The minimum absolute atomic E-state index is 0. The molecule has 0 N–H and O–H groups in total. The van der Waals surface area contributed by atoms with Gasteiger partial charge in [-0.25, -0.2) is 0 Å². The second-order valence-electron chi connectivity index (χ2n) is 9.65. The molecular weight excluding hydrogens is 571 g/mol. The van der Waals surface area contributed by atoms with Crippen LogP contribution in [0, 0.1) is 0 Å². The van der Waals surface area contributed by atoms with Crippen LogP contribution >= 0.6 is 0 Å². The van der Waals surface area contributed by atoms with Gasteiger partial charge in [-0.1, -0.05) is 0 Å². The summed E-state index contributed by atoms with van der Waals surface area (Å²) in [6.45, 7) is 11.7. The largest absolute Gasteiger partial charge is 1.00 e. The summed E-state index contributed by atoms with van der Waals surface area (Å²) in [5.74, 6) is 2.04. The smallest absolute Gasteiger partial charge is 1.00 e. The van der Waals surface area contributed by atoms with E-state index in [2.05, 4.69) is 104 Å². The maximum Gasteiger partial charge on any atom is -1.00 e. The zero-order valence-electron chi connectivity index (χ0n) is 20.9. The average Bonchev–Trinajstić information content (AvgIpc) is 3.27. The van der Waals surface area contributed by atoms with Gasteiger partial charge >= 0.3 is 211 Å². The Balaban J connectivity index is 0.00000171. The minimum atomic E-state index is -1.83. The van der Waals surface area contributed by atoms with Crippen molar-refractivity contribution in [2.45, 2.75) is 43.0 Å². The zero-order valence-corrected chi connectivity index (χ0v) is 25.8. The first-order valence-electron chi connectivity index (χ1n) is 11.9. The molecule has 0 aliphatic heterocycles. The van der Waals surface area contributed by atoms with Crippen LogP contribution in [0.4, 0.5) is 0 Å². The van der Waals surface area contributed by atoms with E-state index >= 15 is 0 Å². The van der Waals surface area contributed by atoms with Crippen LogP contribution < -0.4 is 24.8 Å². The van der Waals surface area contributed by atoms with Crippen LogP contribution in [0.2, 0.25) is 19.6 Å². The second-order valence-corrected chi connectivity index (χ2v) is 17.7. The van der Waals surface area contributed by atoms with Gasteiger partial charge in [0.25, 0.3) is 0 Å². The standard InChI is InChI=1S/C27H27O2Si.C2H4.2ClH.Zr/c1-5-28-27-25(21-13-8-9-14-23(21)26(27)29-30(2,3)4)22-16-10-15-20-19-12-7-6-11-18(19)17-24(20)22;1-2;;;/h6-17,25H,5H2,1-4H3;1H,2H3;2*1H;/q;;;;+2/p-2. The summed E-state index contributed by atoms with van der Waals surface area (Å²) < 4.78 is 16.1. The Kier molecular flexibility index (Phi) is 9.08. The predicted molar refractivity (Wildman–Crippen MR) is 137 cm³/mol. The van der Waals surface area contributed by atoms with Crippen LogP contribution in [-0.2, 0) is 31.9 Å². The Morgan fingerprint density at radius 3 is 2.06 bits per heavy atom. The third kappa shape index (κ3) is 5.05. The Hall–Kier alpha value is -1.45. The number of ether oxygens (including phenoxy) is 1. The van der Waals surface area contributed by atoms with Crippen molar-refractivity contribution in [2.75, 3.05) is 6.61 Å². The Morgan fingerprint density at radius 1 is 0.800 bits per heavy atom. The van der Waals surface area contributed by atoms with Crippen LogP contribution in [0.15, 0.2) is 72.5 Å². The van der Waals surface area contributed by atoms with Gasteiger partial charge in [-0.05, 0) is 0 Å². The number of hydrogen-bond donors (Lipinski definition) is 0. The summed E-state index contributed by atoms with van der Waals surface area (Å²) in [6.07, 6.45) is 0. The first kappa shape index (κ1) is 28.1. The molecular formula is C29H31Cl2O2SiZr. The molecule has 0 radical (unpaired) electrons. The molecule has 2 aliphatic carbocycles. The fourth-order valence-electron chi connectivity index (χ4n) is 5.27. The zero-order chi connectivity index (χ0) is 23.2. The second kappa shape index (κ2) is 11.3. The van der Waals surface area contributed by atoms with E-state index in [1.54, 1.807) is 0 Å². The maximum atomic E-state index is 6.70. The molecule has 0 aromatic heterocycles. The monoisotopic (exact) mass is 599 g/mol. The molecule has 2 atom stereocenters. The Bertz CT molecular complexity index is 1280. The summed E-state index contributed by atoms with van der Waals surface area (Å²) in [7, 11) is -1.83. The number of fused-ring (bicyclic) bond motifs is 4. The summed E-state index contributed by atoms with van der Waals surface area (Å²) in [5, 5.41) is 0. The number of rotatable bonds is 6. The van der Waals surface area contributed by atoms with Crippen LogP contribution in [0.3, 0.4) is 0 Å². The van der Waals surface area contributed by atoms with Crippen molar-refractivity contribution < 1.29 is 56.7 Å². The van der Waals surface area contributed by atoms with Crippen LogP contribution in [0.1, 0.15) is 51.2 Å². The maximum absolute atomic E-state index is 6.70. The molecule has 35 heavy (non-hydrogen) atoms. The van der Waals surface area contributed by atoms with Crippen molar-refractivity contribution in [3.05, 3.63) is 100 Å². The molecule has 0 saturated carbocycles. The molecule has 0 saturated heterocycles. The quantitative estimate of drug-likeness (QED) is 0.398. The van der Waals surface area contributed by atoms with Crippen molar-refractivity contribution in [3.8, 4) is 11.1 Å². The van der Waals surface area contributed by atoms with E-state index in [-0.39, 0.29) is 30.7 Å². The molecule has 3 aromatic rings. The fraction of sp³-hybridized carbons (Fsp3) is 0.276. The minimum Gasteiger partial charge on any atom is -1.00 e. The molecule has 181 valence electrons. The van der Waals surface area contributed by atoms with Gasteiger partial charge in [0.1, 0.15) is 0 Å². The van der Waals surface area contributed by atoms with E-state index in [9.17, 15) is 0 Å². The summed E-state index contributed by atoms with van der Waals surface area (Å²) in [5.41, 5.74) is 9.74. The molecule has 5 rings (SSSR count). The van der Waals surface area contributed by atoms with Gasteiger partial charge in [-0.3, -0.25) is 0 Å². The normalized spacial score (nSPS) is 17.6. The molecule has 0 bridgehead atoms. The molecule has 0 heterocycles. The summed E-state index contributed by atoms with van der Waals surface area (Å²) >= 11 is -0.743. The van der Waals surface area contributed by atoms with Crippen molar-refractivity contribution in [1.82, 2.24) is 0 Å². The van der Waals surface area contributed by atoms with Gasteiger partial charge in [0, 0.05) is 0 Å². The predicted octanol–water partition coefficient (Wildman–Crippen LogP) is 1.37. The van der Waals surface area contributed by atoms with E-state index in [0.29, 0.717) is 10.2 Å². The number of halogens is 2. The topological polar surface area (TPSA) is 18.5 Å². The molecule has 6 heteroatoms. The SMILES string of the molecule is C[CH]=[Zr+2][CH]1c2ccccc2-c2cccc(C3C(OCC)=C(O[Si](C)(C)C)c4ccccc43)c21.[Cl-].[Cl-]. The first-order chi connectivity index (χ1) is 15.9. The number of allylic oxidation sites excluding steroid dienone is 1. The van der Waals surface area contributed by atoms with Gasteiger partial charge < -0.3 is 24.8 Å². The van der Waals surface area contributed by atoms with Gasteiger partial charge in [0.15, 0.2) is 0 Å². The van der Waals surface area contributed by atoms with Crippen molar-refractivity contribution >= 4 is 17.8 Å². The number of benzene rings is 3.